The molecule has 0 aliphatic rings. The summed E-state index contributed by atoms with van der Waals surface area (Å²) in [5.74, 6) is -0.146. The van der Waals surface area contributed by atoms with Crippen molar-refractivity contribution in [3.63, 3.8) is 0 Å². The van der Waals surface area contributed by atoms with E-state index in [1.807, 2.05) is 24.3 Å². The topological polar surface area (TPSA) is 58.6 Å². The molecule has 0 aliphatic heterocycles. The van der Waals surface area contributed by atoms with Gasteiger partial charge in [0.1, 0.15) is 12.4 Å². The van der Waals surface area contributed by atoms with E-state index in [1.165, 1.54) is 5.56 Å². The molecule has 1 rings (SSSR count). The molecule has 0 aromatic heterocycles. The maximum Gasteiger partial charge on any atom is 0.312 e. The summed E-state index contributed by atoms with van der Waals surface area (Å²) in [5, 5.41) is 12.4. The van der Waals surface area contributed by atoms with Gasteiger partial charge in [-0.3, -0.25) is 4.79 Å². The van der Waals surface area contributed by atoms with Gasteiger partial charge in [-0.05, 0) is 51.4 Å². The first-order valence-electron chi connectivity index (χ1n) is 7.03. The number of hydrogen-bond donors (Lipinski definition) is 2. The molecule has 0 amide bonds. The number of hydrogen-bond acceptors (Lipinski definition) is 3. The first kappa shape index (κ1) is 16.5. The Bertz CT molecular complexity index is 426. The van der Waals surface area contributed by atoms with Crippen LogP contribution in [0.25, 0.3) is 0 Å². The number of carboxylic acid groups (broad SMARTS) is 1. The number of rotatable bonds is 8. The minimum Gasteiger partial charge on any atom is -0.492 e. The predicted octanol–water partition coefficient (Wildman–Crippen LogP) is 2.72. The lowest BCUT2D eigenvalue weighted by molar-refractivity contribution is -0.148. The Hall–Kier alpha value is -1.55. The lowest BCUT2D eigenvalue weighted by Crippen LogP contribution is -2.30. The molecular weight excluding hydrogens is 254 g/mol. The van der Waals surface area contributed by atoms with Crippen LogP contribution < -0.4 is 10.1 Å². The maximum absolute atomic E-state index is 11.0. The highest BCUT2D eigenvalue weighted by molar-refractivity contribution is 5.73. The van der Waals surface area contributed by atoms with Gasteiger partial charge in [-0.15, -0.1) is 0 Å². The van der Waals surface area contributed by atoms with E-state index in [-0.39, 0.29) is 6.61 Å². The number of benzene rings is 1. The zero-order chi connectivity index (χ0) is 15.2. The number of carboxylic acids is 1. The van der Waals surface area contributed by atoms with E-state index >= 15 is 0 Å². The van der Waals surface area contributed by atoms with Crippen LogP contribution in [0.4, 0.5) is 0 Å². The van der Waals surface area contributed by atoms with E-state index in [0.29, 0.717) is 11.8 Å². The molecule has 20 heavy (non-hydrogen) atoms. The molecule has 1 unspecified atom stereocenters. The summed E-state index contributed by atoms with van der Waals surface area (Å²) in [6.45, 7) is 8.69. The molecule has 1 aromatic carbocycles. The van der Waals surface area contributed by atoms with Crippen molar-refractivity contribution in [1.29, 1.82) is 0 Å². The van der Waals surface area contributed by atoms with Gasteiger partial charge in [-0.2, -0.15) is 0 Å². The highest BCUT2D eigenvalue weighted by atomic mass is 16.5. The molecule has 112 valence electrons. The van der Waals surface area contributed by atoms with Crippen LogP contribution in [0.2, 0.25) is 0 Å². The second-order valence-corrected chi connectivity index (χ2v) is 5.78. The van der Waals surface area contributed by atoms with Gasteiger partial charge in [0, 0.05) is 6.04 Å². The van der Waals surface area contributed by atoms with E-state index in [0.717, 1.165) is 13.0 Å². The van der Waals surface area contributed by atoms with Crippen molar-refractivity contribution in [3.8, 4) is 5.75 Å². The molecule has 0 aliphatic carbocycles. The van der Waals surface area contributed by atoms with Gasteiger partial charge in [0.25, 0.3) is 0 Å². The molecule has 4 nitrogen and oxygen atoms in total. The van der Waals surface area contributed by atoms with Crippen LogP contribution in [0.1, 0.15) is 33.3 Å². The van der Waals surface area contributed by atoms with Crippen LogP contribution in [0.3, 0.4) is 0 Å². The van der Waals surface area contributed by atoms with E-state index < -0.39 is 11.4 Å². The summed E-state index contributed by atoms with van der Waals surface area (Å²) in [6, 6.07) is 8.28. The molecule has 0 spiro atoms. The third kappa shape index (κ3) is 5.21. The van der Waals surface area contributed by atoms with Gasteiger partial charge in [0.15, 0.2) is 0 Å². The van der Waals surface area contributed by atoms with Crippen LogP contribution in [0.15, 0.2) is 24.3 Å². The number of ether oxygens (including phenoxy) is 1. The summed E-state index contributed by atoms with van der Waals surface area (Å²) in [6.07, 6.45) is 0.967. The second-order valence-electron chi connectivity index (χ2n) is 5.78. The van der Waals surface area contributed by atoms with Crippen LogP contribution >= 0.6 is 0 Å². The monoisotopic (exact) mass is 279 g/mol. The van der Waals surface area contributed by atoms with E-state index in [9.17, 15) is 4.79 Å². The van der Waals surface area contributed by atoms with Gasteiger partial charge in [-0.25, -0.2) is 0 Å². The predicted molar refractivity (Wildman–Crippen MR) is 80.2 cm³/mol. The Labute approximate surface area is 121 Å². The zero-order valence-corrected chi connectivity index (χ0v) is 12.8. The fourth-order valence-electron chi connectivity index (χ4n) is 1.82. The molecule has 1 atom stereocenters. The third-order valence-electron chi connectivity index (χ3n) is 3.20. The molecule has 0 radical (unpaired) electrons. The zero-order valence-electron chi connectivity index (χ0n) is 12.8. The molecule has 0 heterocycles. The molecule has 0 saturated heterocycles. The average Bonchev–Trinajstić information content (AvgIpc) is 2.38. The number of likely N-dealkylation sites (N-methyl/N-ethyl adjacent to an activating group) is 1. The number of aliphatic carboxylic acids is 1. The molecule has 0 saturated carbocycles. The normalized spacial score (nSPS) is 13.0. The maximum atomic E-state index is 11.0. The highest BCUT2D eigenvalue weighted by Crippen LogP contribution is 2.19. The molecule has 0 fully saturated rings. The smallest absolute Gasteiger partial charge is 0.312 e. The van der Waals surface area contributed by atoms with Gasteiger partial charge in [-0.1, -0.05) is 19.1 Å². The van der Waals surface area contributed by atoms with Crippen LogP contribution in [-0.2, 0) is 11.2 Å². The summed E-state index contributed by atoms with van der Waals surface area (Å²) < 4.78 is 5.54. The lowest BCUT2D eigenvalue weighted by Gasteiger charge is -2.19. The summed E-state index contributed by atoms with van der Waals surface area (Å²) in [4.78, 5) is 11.0. The minimum absolute atomic E-state index is 0.162. The van der Waals surface area contributed by atoms with Crippen molar-refractivity contribution in [2.24, 2.45) is 5.41 Å². The fraction of sp³-hybridized carbons (Fsp3) is 0.562. The first-order valence-corrected chi connectivity index (χ1v) is 7.03. The molecule has 2 N–H and O–H groups in total. The van der Waals surface area contributed by atoms with E-state index in [1.54, 1.807) is 13.8 Å². The first-order chi connectivity index (χ1) is 9.35. The number of carbonyl (C=O) groups is 1. The minimum atomic E-state index is -0.877. The standard InChI is InChI=1S/C16H25NO3/c1-5-17-12(2)10-13-6-8-14(9-7-13)20-11-16(3,4)15(18)19/h6-9,12,17H,5,10-11H2,1-4H3,(H,18,19). The van der Waals surface area contributed by atoms with Gasteiger partial charge >= 0.3 is 5.97 Å². The van der Waals surface area contributed by atoms with Gasteiger partial charge in [0.05, 0.1) is 5.41 Å². The highest BCUT2D eigenvalue weighted by Gasteiger charge is 2.28. The molecule has 0 bridgehead atoms. The Kier molecular flexibility index (Phi) is 6.02. The van der Waals surface area contributed by atoms with Crippen LogP contribution in [0, 0.1) is 5.41 Å². The van der Waals surface area contributed by atoms with Crippen molar-refractivity contribution in [3.05, 3.63) is 29.8 Å². The fourth-order valence-corrected chi connectivity index (χ4v) is 1.82. The lowest BCUT2D eigenvalue weighted by atomic mass is 9.95. The van der Waals surface area contributed by atoms with Crippen molar-refractivity contribution in [2.75, 3.05) is 13.2 Å². The largest absolute Gasteiger partial charge is 0.492 e. The second kappa shape index (κ2) is 7.29. The summed E-state index contributed by atoms with van der Waals surface area (Å²) in [5.41, 5.74) is 0.362. The summed E-state index contributed by atoms with van der Waals surface area (Å²) in [7, 11) is 0. The number of nitrogens with one attached hydrogen (secondary N) is 1. The van der Waals surface area contributed by atoms with Crippen molar-refractivity contribution >= 4 is 5.97 Å². The Morgan fingerprint density at radius 2 is 1.95 bits per heavy atom. The van der Waals surface area contributed by atoms with Crippen molar-refractivity contribution in [1.82, 2.24) is 5.32 Å². The van der Waals surface area contributed by atoms with Gasteiger partial charge in [0.2, 0.25) is 0 Å². The quantitative estimate of drug-likeness (QED) is 0.768. The molecule has 4 heteroatoms. The van der Waals surface area contributed by atoms with Crippen molar-refractivity contribution < 1.29 is 14.6 Å². The molecule has 1 aromatic rings. The van der Waals surface area contributed by atoms with E-state index in [2.05, 4.69) is 19.2 Å². The average molecular weight is 279 g/mol. The molecular formula is C16H25NO3. The van der Waals surface area contributed by atoms with E-state index in [4.69, 9.17) is 9.84 Å². The van der Waals surface area contributed by atoms with Crippen molar-refractivity contribution in [2.45, 2.75) is 40.2 Å². The van der Waals surface area contributed by atoms with Crippen LogP contribution in [-0.4, -0.2) is 30.3 Å². The SMILES string of the molecule is CCNC(C)Cc1ccc(OCC(C)(C)C(=O)O)cc1. The van der Waals surface area contributed by atoms with Crippen LogP contribution in [0.5, 0.6) is 5.75 Å². The summed E-state index contributed by atoms with van der Waals surface area (Å²) >= 11 is 0. The Balaban J connectivity index is 2.52. The van der Waals surface area contributed by atoms with Gasteiger partial charge < -0.3 is 15.2 Å². The Morgan fingerprint density at radius 3 is 2.45 bits per heavy atom. The Morgan fingerprint density at radius 1 is 1.35 bits per heavy atom. The third-order valence-corrected chi connectivity index (χ3v) is 3.20.